The summed E-state index contributed by atoms with van der Waals surface area (Å²) >= 11 is 0. The molecule has 0 aliphatic heterocycles. The summed E-state index contributed by atoms with van der Waals surface area (Å²) in [6.07, 6.45) is 2.92. The molecule has 0 aromatic heterocycles. The Balaban J connectivity index is 3.80. The van der Waals surface area contributed by atoms with Gasteiger partial charge in [0.05, 0.1) is 0 Å². The first-order valence-electron chi connectivity index (χ1n) is 4.75. The monoisotopic (exact) mass is 175 g/mol. The van der Waals surface area contributed by atoms with Crippen LogP contribution in [0.2, 0.25) is 0 Å². The molecule has 0 aliphatic carbocycles. The Hall–Kier alpha value is -0.120. The summed E-state index contributed by atoms with van der Waals surface area (Å²) in [5.74, 6) is -0.848. The van der Waals surface area contributed by atoms with Gasteiger partial charge in [0.25, 0.3) is 0 Å². The largest absolute Gasteiger partial charge is 0.338 e. The van der Waals surface area contributed by atoms with E-state index >= 15 is 0 Å². The second-order valence-electron chi connectivity index (χ2n) is 2.78. The summed E-state index contributed by atoms with van der Waals surface area (Å²) < 4.78 is 10.7. The fourth-order valence-electron chi connectivity index (χ4n) is 1.10. The fourth-order valence-corrected chi connectivity index (χ4v) is 1.10. The second kappa shape index (κ2) is 6.40. The zero-order chi connectivity index (χ0) is 9.45. The van der Waals surface area contributed by atoms with Gasteiger partial charge in [-0.1, -0.05) is 13.3 Å². The highest BCUT2D eigenvalue weighted by Gasteiger charge is 2.24. The van der Waals surface area contributed by atoms with Crippen LogP contribution in [-0.4, -0.2) is 19.1 Å². The van der Waals surface area contributed by atoms with Gasteiger partial charge in [0, 0.05) is 19.6 Å². The van der Waals surface area contributed by atoms with Crippen LogP contribution in [0.4, 0.5) is 0 Å². The smallest absolute Gasteiger partial charge is 0.224 e. The molecule has 0 saturated carbocycles. The first-order valence-corrected chi connectivity index (χ1v) is 4.75. The maximum atomic E-state index is 5.86. The summed E-state index contributed by atoms with van der Waals surface area (Å²) in [5.41, 5.74) is 5.86. The maximum absolute atomic E-state index is 5.86. The maximum Gasteiger partial charge on any atom is 0.224 e. The Bertz CT molecular complexity index is 101. The Kier molecular flexibility index (Phi) is 6.34. The number of rotatable bonds is 7. The van der Waals surface area contributed by atoms with E-state index in [9.17, 15) is 0 Å². The van der Waals surface area contributed by atoms with Crippen molar-refractivity contribution in [3.63, 3.8) is 0 Å². The van der Waals surface area contributed by atoms with E-state index in [1.807, 2.05) is 13.8 Å². The van der Waals surface area contributed by atoms with E-state index in [1.165, 1.54) is 0 Å². The molecule has 0 aromatic carbocycles. The molecule has 0 atom stereocenters. The Morgan fingerprint density at radius 2 is 1.58 bits per heavy atom. The van der Waals surface area contributed by atoms with Crippen LogP contribution in [-0.2, 0) is 9.47 Å². The van der Waals surface area contributed by atoms with Crippen molar-refractivity contribution in [2.45, 2.75) is 45.9 Å². The molecule has 0 fully saturated rings. The molecule has 0 rings (SSSR count). The summed E-state index contributed by atoms with van der Waals surface area (Å²) in [5, 5.41) is 0. The lowest BCUT2D eigenvalue weighted by molar-refractivity contribution is -0.233. The number of hydrogen-bond donors (Lipinski definition) is 1. The molecule has 3 heteroatoms. The van der Waals surface area contributed by atoms with Crippen LogP contribution in [0, 0.1) is 0 Å². The molecule has 3 nitrogen and oxygen atoms in total. The average molecular weight is 175 g/mol. The topological polar surface area (TPSA) is 44.5 Å². The summed E-state index contributed by atoms with van der Waals surface area (Å²) in [7, 11) is 0. The molecule has 0 unspecified atom stereocenters. The Morgan fingerprint density at radius 1 is 1.08 bits per heavy atom. The highest BCUT2D eigenvalue weighted by atomic mass is 16.7. The van der Waals surface area contributed by atoms with E-state index in [2.05, 4.69) is 6.92 Å². The van der Waals surface area contributed by atoms with Gasteiger partial charge in [-0.2, -0.15) is 0 Å². The van der Waals surface area contributed by atoms with Gasteiger partial charge >= 0.3 is 0 Å². The molecule has 2 N–H and O–H groups in total. The zero-order valence-corrected chi connectivity index (χ0v) is 8.43. The van der Waals surface area contributed by atoms with Gasteiger partial charge in [0.15, 0.2) is 0 Å². The van der Waals surface area contributed by atoms with Gasteiger partial charge in [0.1, 0.15) is 0 Å². The van der Waals surface area contributed by atoms with E-state index in [4.69, 9.17) is 15.2 Å². The minimum Gasteiger partial charge on any atom is -0.338 e. The molecular weight excluding hydrogens is 154 g/mol. The summed E-state index contributed by atoms with van der Waals surface area (Å²) in [6.45, 7) is 7.16. The standard InChI is InChI=1S/C9H21NO2/c1-4-7-8-9(10,11-5-2)12-6-3/h4-8,10H2,1-3H3. The van der Waals surface area contributed by atoms with E-state index in [1.54, 1.807) is 0 Å². The molecule has 0 bridgehead atoms. The molecule has 0 aromatic rings. The van der Waals surface area contributed by atoms with Crippen LogP contribution in [0.15, 0.2) is 0 Å². The third-order valence-electron chi connectivity index (χ3n) is 1.66. The van der Waals surface area contributed by atoms with Crippen LogP contribution in [0.3, 0.4) is 0 Å². The van der Waals surface area contributed by atoms with Crippen LogP contribution >= 0.6 is 0 Å². The normalized spacial score (nSPS) is 12.0. The van der Waals surface area contributed by atoms with E-state index < -0.39 is 5.91 Å². The molecule has 12 heavy (non-hydrogen) atoms. The predicted molar refractivity (Wildman–Crippen MR) is 49.7 cm³/mol. The third kappa shape index (κ3) is 4.70. The van der Waals surface area contributed by atoms with Gasteiger partial charge in [-0.25, -0.2) is 0 Å². The van der Waals surface area contributed by atoms with Crippen molar-refractivity contribution in [2.75, 3.05) is 13.2 Å². The van der Waals surface area contributed by atoms with Crippen molar-refractivity contribution in [2.24, 2.45) is 5.73 Å². The molecule has 0 radical (unpaired) electrons. The third-order valence-corrected chi connectivity index (χ3v) is 1.66. The molecule has 0 saturated heterocycles. The van der Waals surface area contributed by atoms with Crippen molar-refractivity contribution in [1.29, 1.82) is 0 Å². The Morgan fingerprint density at radius 3 is 1.92 bits per heavy atom. The lowest BCUT2D eigenvalue weighted by Crippen LogP contribution is -2.45. The van der Waals surface area contributed by atoms with Gasteiger partial charge in [-0.15, -0.1) is 0 Å². The van der Waals surface area contributed by atoms with Crippen molar-refractivity contribution < 1.29 is 9.47 Å². The number of ether oxygens (including phenoxy) is 2. The van der Waals surface area contributed by atoms with Crippen molar-refractivity contribution in [3.05, 3.63) is 0 Å². The highest BCUT2D eigenvalue weighted by molar-refractivity contribution is 4.60. The van der Waals surface area contributed by atoms with E-state index in [-0.39, 0.29) is 0 Å². The van der Waals surface area contributed by atoms with Crippen LogP contribution in [0.1, 0.15) is 40.0 Å². The van der Waals surface area contributed by atoms with Gasteiger partial charge in [-0.05, 0) is 20.3 Å². The number of nitrogens with two attached hydrogens (primary N) is 1. The molecular formula is C9H21NO2. The van der Waals surface area contributed by atoms with Crippen LogP contribution in [0.25, 0.3) is 0 Å². The van der Waals surface area contributed by atoms with Crippen LogP contribution < -0.4 is 5.73 Å². The molecule has 0 amide bonds. The lowest BCUT2D eigenvalue weighted by atomic mass is 10.2. The van der Waals surface area contributed by atoms with E-state index in [0.29, 0.717) is 13.2 Å². The highest BCUT2D eigenvalue weighted by Crippen LogP contribution is 2.14. The zero-order valence-electron chi connectivity index (χ0n) is 8.43. The van der Waals surface area contributed by atoms with Crippen molar-refractivity contribution in [1.82, 2.24) is 0 Å². The summed E-state index contributed by atoms with van der Waals surface area (Å²) in [6, 6.07) is 0. The summed E-state index contributed by atoms with van der Waals surface area (Å²) in [4.78, 5) is 0. The molecule has 0 aliphatic rings. The van der Waals surface area contributed by atoms with Crippen molar-refractivity contribution in [3.8, 4) is 0 Å². The Labute approximate surface area is 75.2 Å². The first kappa shape index (κ1) is 11.9. The van der Waals surface area contributed by atoms with Gasteiger partial charge < -0.3 is 9.47 Å². The van der Waals surface area contributed by atoms with Gasteiger partial charge in [-0.3, -0.25) is 5.73 Å². The van der Waals surface area contributed by atoms with Gasteiger partial charge in [0.2, 0.25) is 5.91 Å². The van der Waals surface area contributed by atoms with E-state index in [0.717, 1.165) is 19.3 Å². The lowest BCUT2D eigenvalue weighted by Gasteiger charge is -2.28. The quantitative estimate of drug-likeness (QED) is 0.601. The predicted octanol–water partition coefficient (Wildman–Crippen LogP) is 1.86. The minimum atomic E-state index is -0.848. The number of unbranched alkanes of at least 4 members (excludes halogenated alkanes) is 1. The molecule has 0 spiro atoms. The fraction of sp³-hybridized carbons (Fsp3) is 1.00. The average Bonchev–Trinajstić information content (AvgIpc) is 2.02. The molecule has 74 valence electrons. The van der Waals surface area contributed by atoms with Crippen molar-refractivity contribution >= 4 is 0 Å². The SMILES string of the molecule is CCCCC(N)(OCC)OCC. The number of hydrogen-bond acceptors (Lipinski definition) is 3. The second-order valence-corrected chi connectivity index (χ2v) is 2.78. The minimum absolute atomic E-state index is 0.597. The first-order chi connectivity index (χ1) is 5.68. The van der Waals surface area contributed by atoms with Crippen LogP contribution in [0.5, 0.6) is 0 Å². The molecule has 0 heterocycles.